The molecule has 0 saturated heterocycles. The van der Waals surface area contributed by atoms with E-state index in [0.717, 1.165) is 64.8 Å². The van der Waals surface area contributed by atoms with Crippen LogP contribution in [0, 0.1) is 5.92 Å². The van der Waals surface area contributed by atoms with Crippen LogP contribution in [0.2, 0.25) is 0 Å². The molecule has 0 amide bonds. The third-order valence-electron chi connectivity index (χ3n) is 5.88. The minimum atomic E-state index is -0.0177. The van der Waals surface area contributed by atoms with Crippen molar-refractivity contribution in [2.45, 2.75) is 73.6 Å². The second kappa shape index (κ2) is 10.9. The molecule has 1 N–H and O–H groups in total. The molecule has 0 saturated carbocycles. The molecule has 1 aliphatic rings. The zero-order valence-electron chi connectivity index (χ0n) is 20.6. The highest BCUT2D eigenvalue weighted by atomic mass is 35.5. The molecule has 3 rings (SSSR count). The molecule has 0 spiro atoms. The molecule has 2 aromatic heterocycles. The van der Waals surface area contributed by atoms with Gasteiger partial charge in [-0.25, -0.2) is 4.99 Å². The van der Waals surface area contributed by atoms with Gasteiger partial charge in [-0.05, 0) is 57.2 Å². The Balaban J connectivity index is 2.04. The second-order valence-corrected chi connectivity index (χ2v) is 10.4. The number of hydrogen-bond donors (Lipinski definition) is 1. The number of aliphatic imine (C=N–C) groups is 1. The zero-order valence-corrected chi connectivity index (χ0v) is 22.5. The number of hydrogen-bond acceptors (Lipinski definition) is 3. The number of nitrogens with zero attached hydrogens (tertiary/aromatic N) is 2. The number of ketones is 1. The number of aromatic nitrogens is 2. The van der Waals surface area contributed by atoms with Gasteiger partial charge in [0.25, 0.3) is 0 Å². The van der Waals surface area contributed by atoms with E-state index < -0.39 is 0 Å². The van der Waals surface area contributed by atoms with E-state index in [-0.39, 0.29) is 11.7 Å². The fourth-order valence-corrected chi connectivity index (χ4v) is 5.06. The van der Waals surface area contributed by atoms with Crippen LogP contribution in [-0.2, 0) is 25.7 Å². The first kappa shape index (κ1) is 25.6. The summed E-state index contributed by atoms with van der Waals surface area (Å²) in [6.45, 7) is 12.1. The maximum atomic E-state index is 13.1. The maximum absolute atomic E-state index is 13.1. The van der Waals surface area contributed by atoms with Gasteiger partial charge in [-0.3, -0.25) is 9.78 Å². The fourth-order valence-electron chi connectivity index (χ4n) is 4.32. The number of nitrogens with one attached hydrogen (secondary N) is 1. The number of Topliss-reactive ketones (excluding diaryl/α,β-unsaturated/α-hetero) is 1. The Morgan fingerprint density at radius 3 is 2.67 bits per heavy atom. The Kier molecular flexibility index (Phi) is 8.48. The molecular formula is C27H35ClN3OP. The molecule has 6 heteroatoms. The van der Waals surface area contributed by atoms with Gasteiger partial charge in [-0.15, -0.1) is 9.24 Å². The Bertz CT molecular complexity index is 1150. The Labute approximate surface area is 205 Å². The van der Waals surface area contributed by atoms with Crippen molar-refractivity contribution in [2.75, 3.05) is 0 Å². The minimum Gasteiger partial charge on any atom is -0.358 e. The minimum absolute atomic E-state index is 0.0177. The van der Waals surface area contributed by atoms with Crippen LogP contribution in [0.5, 0.6) is 0 Å². The van der Waals surface area contributed by atoms with Crippen molar-refractivity contribution in [3.05, 3.63) is 57.7 Å². The van der Waals surface area contributed by atoms with Crippen LogP contribution in [0.15, 0.2) is 34.6 Å². The summed E-state index contributed by atoms with van der Waals surface area (Å²) in [5.41, 5.74) is 9.88. The number of carbonyl (C=O) groups excluding carboxylic acids is 1. The standard InChI is InChI=1S/C27H35ClN3OP/c1-7-8-20-24(26(32)16(4)5)19-10-9-18-14-29-21(27(33)23(18)25(19)31-20)11-17(6)12-22(28)30-13-15(2)3/h12-14,16,31H,7-11,33H2,1-6H3/b17-12+,30-22?. The lowest BCUT2D eigenvalue weighted by Gasteiger charge is -2.21. The van der Waals surface area contributed by atoms with Gasteiger partial charge in [0.1, 0.15) is 5.17 Å². The van der Waals surface area contributed by atoms with Crippen LogP contribution in [0.1, 0.15) is 80.8 Å². The summed E-state index contributed by atoms with van der Waals surface area (Å²) in [5, 5.41) is 1.55. The summed E-state index contributed by atoms with van der Waals surface area (Å²) in [6.07, 6.45) is 9.99. The third-order valence-corrected chi connectivity index (χ3v) is 6.71. The first-order valence-corrected chi connectivity index (χ1v) is 12.7. The molecule has 0 fully saturated rings. The highest BCUT2D eigenvalue weighted by Gasteiger charge is 2.30. The molecule has 176 valence electrons. The number of H-pyrrole nitrogens is 1. The molecule has 0 aromatic carbocycles. The first-order valence-electron chi connectivity index (χ1n) is 11.7. The molecule has 2 aromatic rings. The van der Waals surface area contributed by atoms with Crippen LogP contribution in [0.4, 0.5) is 0 Å². The van der Waals surface area contributed by atoms with E-state index in [1.165, 1.54) is 16.7 Å². The number of aryl methyl sites for hydroxylation is 2. The van der Waals surface area contributed by atoms with Crippen molar-refractivity contribution < 1.29 is 4.79 Å². The molecule has 1 aliphatic carbocycles. The van der Waals surface area contributed by atoms with Crippen LogP contribution in [0.25, 0.3) is 11.3 Å². The number of aromatic amines is 1. The molecule has 1 atom stereocenters. The van der Waals surface area contributed by atoms with Crippen molar-refractivity contribution in [3.63, 3.8) is 0 Å². The van der Waals surface area contributed by atoms with E-state index in [0.29, 0.717) is 11.6 Å². The SMILES string of the molecule is CCCc1[nH]c2c(c1C(=O)C(C)C)CCc1cnc(C/C(C)=C/C(Cl)=NC=C(C)C)c(P)c1-2. The Hall–Kier alpha value is -2.03. The van der Waals surface area contributed by atoms with E-state index in [9.17, 15) is 4.79 Å². The molecule has 0 radical (unpaired) electrons. The summed E-state index contributed by atoms with van der Waals surface area (Å²) in [4.78, 5) is 25.8. The molecular weight excluding hydrogens is 449 g/mol. The van der Waals surface area contributed by atoms with Crippen LogP contribution in [0.3, 0.4) is 0 Å². The van der Waals surface area contributed by atoms with E-state index in [2.05, 4.69) is 26.1 Å². The fraction of sp³-hybridized carbons (Fsp3) is 0.444. The van der Waals surface area contributed by atoms with Crippen molar-refractivity contribution in [3.8, 4) is 11.3 Å². The van der Waals surface area contributed by atoms with E-state index >= 15 is 0 Å². The Morgan fingerprint density at radius 1 is 1.30 bits per heavy atom. The summed E-state index contributed by atoms with van der Waals surface area (Å²) in [6, 6.07) is 0. The largest absolute Gasteiger partial charge is 0.358 e. The predicted octanol–water partition coefficient (Wildman–Crippen LogP) is 6.52. The zero-order chi connectivity index (χ0) is 24.3. The summed E-state index contributed by atoms with van der Waals surface area (Å²) < 4.78 is 0. The number of allylic oxidation sites excluding steroid dienone is 3. The second-order valence-electron chi connectivity index (χ2n) is 9.45. The average molecular weight is 484 g/mol. The highest BCUT2D eigenvalue weighted by Crippen LogP contribution is 2.38. The number of carbonyl (C=O) groups is 1. The van der Waals surface area contributed by atoms with E-state index in [4.69, 9.17) is 16.6 Å². The number of pyridine rings is 1. The normalized spacial score (nSPS) is 13.7. The van der Waals surface area contributed by atoms with E-state index in [1.807, 2.05) is 46.9 Å². The lowest BCUT2D eigenvalue weighted by molar-refractivity contribution is 0.0937. The van der Waals surface area contributed by atoms with Crippen molar-refractivity contribution in [1.29, 1.82) is 0 Å². The first-order chi connectivity index (χ1) is 15.6. The molecule has 33 heavy (non-hydrogen) atoms. The lowest BCUT2D eigenvalue weighted by atomic mass is 9.86. The van der Waals surface area contributed by atoms with Gasteiger partial charge in [0.15, 0.2) is 5.78 Å². The van der Waals surface area contributed by atoms with Gasteiger partial charge in [0, 0.05) is 46.9 Å². The quantitative estimate of drug-likeness (QED) is 0.264. The molecule has 4 nitrogen and oxygen atoms in total. The van der Waals surface area contributed by atoms with Gasteiger partial charge in [-0.1, -0.05) is 49.9 Å². The van der Waals surface area contributed by atoms with Crippen LogP contribution in [-0.4, -0.2) is 20.9 Å². The molecule has 1 unspecified atom stereocenters. The number of halogens is 1. The molecule has 0 aliphatic heterocycles. The Morgan fingerprint density at radius 2 is 2.03 bits per heavy atom. The summed E-state index contributed by atoms with van der Waals surface area (Å²) in [7, 11) is 2.90. The van der Waals surface area contributed by atoms with Gasteiger partial charge >= 0.3 is 0 Å². The van der Waals surface area contributed by atoms with Gasteiger partial charge in [-0.2, -0.15) is 0 Å². The topological polar surface area (TPSA) is 58.1 Å². The van der Waals surface area contributed by atoms with Crippen molar-refractivity contribution in [2.24, 2.45) is 10.9 Å². The lowest BCUT2D eigenvalue weighted by Crippen LogP contribution is -2.18. The van der Waals surface area contributed by atoms with Gasteiger partial charge in [0.2, 0.25) is 0 Å². The molecule has 0 bridgehead atoms. The number of rotatable bonds is 8. The van der Waals surface area contributed by atoms with E-state index in [1.54, 1.807) is 6.20 Å². The maximum Gasteiger partial charge on any atom is 0.167 e. The molecule has 2 heterocycles. The van der Waals surface area contributed by atoms with Crippen molar-refractivity contribution in [1.82, 2.24) is 9.97 Å². The smallest absolute Gasteiger partial charge is 0.167 e. The summed E-state index contributed by atoms with van der Waals surface area (Å²) in [5.74, 6) is 0.221. The average Bonchev–Trinajstić information content (AvgIpc) is 3.11. The highest BCUT2D eigenvalue weighted by molar-refractivity contribution is 7.28. The number of fused-ring (bicyclic) bond motifs is 3. The summed E-state index contributed by atoms with van der Waals surface area (Å²) >= 11 is 6.28. The predicted molar refractivity (Wildman–Crippen MR) is 144 cm³/mol. The van der Waals surface area contributed by atoms with Crippen molar-refractivity contribution >= 4 is 37.1 Å². The third kappa shape index (κ3) is 5.73. The van der Waals surface area contributed by atoms with Gasteiger partial charge < -0.3 is 4.98 Å². The monoisotopic (exact) mass is 483 g/mol. The van der Waals surface area contributed by atoms with Crippen LogP contribution >= 0.6 is 20.8 Å². The van der Waals surface area contributed by atoms with Gasteiger partial charge in [0.05, 0.1) is 11.4 Å². The van der Waals surface area contributed by atoms with Crippen LogP contribution < -0.4 is 5.30 Å².